The summed E-state index contributed by atoms with van der Waals surface area (Å²) < 4.78 is 30.2. The molecular formula is C35H27F2N3O3. The van der Waals surface area contributed by atoms with Gasteiger partial charge in [0, 0.05) is 23.0 Å². The van der Waals surface area contributed by atoms with Crippen molar-refractivity contribution in [2.75, 3.05) is 0 Å². The SMILES string of the molecule is Cc1ccc2nc(Cn3ccc4cc(-c5cc(F)cc(F)c5)cc(C(=O)N[C@@H](C)c5ccc(C(=O)O)cc5)c43)ccc2c1. The molecule has 0 aliphatic heterocycles. The van der Waals surface area contributed by atoms with E-state index in [0.29, 0.717) is 28.8 Å². The van der Waals surface area contributed by atoms with Crippen LogP contribution < -0.4 is 5.32 Å². The predicted octanol–water partition coefficient (Wildman–Crippen LogP) is 7.68. The second-order valence-electron chi connectivity index (χ2n) is 10.7. The molecule has 1 amide bonds. The Bertz CT molecular complexity index is 2010. The quantitative estimate of drug-likeness (QED) is 0.205. The Morgan fingerprint density at radius 1 is 0.860 bits per heavy atom. The third kappa shape index (κ3) is 5.72. The summed E-state index contributed by atoms with van der Waals surface area (Å²) >= 11 is 0. The number of nitrogens with one attached hydrogen (secondary N) is 1. The molecule has 2 aromatic heterocycles. The number of carbonyl (C=O) groups excluding carboxylic acids is 1. The third-order valence-electron chi connectivity index (χ3n) is 7.54. The Kier molecular flexibility index (Phi) is 7.19. The molecule has 0 saturated carbocycles. The number of rotatable bonds is 7. The van der Waals surface area contributed by atoms with Gasteiger partial charge in [-0.25, -0.2) is 13.6 Å². The second kappa shape index (κ2) is 11.1. The Hall–Kier alpha value is -5.37. The molecule has 0 unspecified atom stereocenters. The number of halogens is 2. The number of carboxylic acid groups (broad SMARTS) is 1. The standard InChI is InChI=1S/C35H27F2N3O3/c1-20-3-10-32-24(13-20)8-9-30(39-32)19-40-12-11-25-14-26(27-15-28(36)18-29(37)16-27)17-31(33(25)40)34(41)38-21(2)22-4-6-23(7-5-22)35(42)43/h3-18,21H,19H2,1-2H3,(H,38,41)(H,42,43)/t21-/m0/s1. The van der Waals surface area contributed by atoms with Gasteiger partial charge in [0.2, 0.25) is 0 Å². The van der Waals surface area contributed by atoms with Gasteiger partial charge in [-0.2, -0.15) is 0 Å². The van der Waals surface area contributed by atoms with Crippen molar-refractivity contribution >= 4 is 33.7 Å². The minimum absolute atomic E-state index is 0.147. The Morgan fingerprint density at radius 3 is 2.30 bits per heavy atom. The molecule has 0 aliphatic carbocycles. The highest BCUT2D eigenvalue weighted by molar-refractivity contribution is 6.08. The van der Waals surface area contributed by atoms with Crippen molar-refractivity contribution in [1.29, 1.82) is 0 Å². The van der Waals surface area contributed by atoms with Crippen LogP contribution in [-0.4, -0.2) is 26.5 Å². The van der Waals surface area contributed by atoms with E-state index >= 15 is 0 Å². The van der Waals surface area contributed by atoms with E-state index in [0.717, 1.165) is 39.2 Å². The number of fused-ring (bicyclic) bond motifs is 2. The first-order valence-corrected chi connectivity index (χ1v) is 13.7. The minimum atomic E-state index is -1.03. The molecule has 6 aromatic rings. The summed E-state index contributed by atoms with van der Waals surface area (Å²) in [5.74, 6) is -2.85. The second-order valence-corrected chi connectivity index (χ2v) is 10.7. The number of nitrogens with zero attached hydrogens (tertiary/aromatic N) is 2. The number of hydrogen-bond donors (Lipinski definition) is 2. The Balaban J connectivity index is 1.41. The fraction of sp³-hybridized carbons (Fsp3) is 0.114. The van der Waals surface area contributed by atoms with Crippen LogP contribution in [0.1, 0.15) is 50.5 Å². The van der Waals surface area contributed by atoms with E-state index in [1.165, 1.54) is 24.3 Å². The van der Waals surface area contributed by atoms with Gasteiger partial charge in [-0.1, -0.05) is 29.8 Å². The van der Waals surface area contributed by atoms with Crippen LogP contribution in [0, 0.1) is 18.6 Å². The fourth-order valence-corrected chi connectivity index (χ4v) is 5.36. The Morgan fingerprint density at radius 2 is 1.58 bits per heavy atom. The third-order valence-corrected chi connectivity index (χ3v) is 7.54. The maximum atomic E-state index is 14.1. The lowest BCUT2D eigenvalue weighted by molar-refractivity contribution is 0.0696. The van der Waals surface area contributed by atoms with Crippen molar-refractivity contribution in [2.24, 2.45) is 0 Å². The lowest BCUT2D eigenvalue weighted by Crippen LogP contribution is -2.27. The minimum Gasteiger partial charge on any atom is -0.478 e. The van der Waals surface area contributed by atoms with Crippen LogP contribution in [0.3, 0.4) is 0 Å². The van der Waals surface area contributed by atoms with Gasteiger partial charge in [0.1, 0.15) is 11.6 Å². The topological polar surface area (TPSA) is 84.2 Å². The zero-order valence-electron chi connectivity index (χ0n) is 23.4. The van der Waals surface area contributed by atoms with E-state index in [9.17, 15) is 23.5 Å². The molecule has 4 aromatic carbocycles. The van der Waals surface area contributed by atoms with Crippen LogP contribution in [0.4, 0.5) is 8.78 Å². The number of aromatic carboxylic acids is 1. The lowest BCUT2D eigenvalue weighted by atomic mass is 9.99. The summed E-state index contributed by atoms with van der Waals surface area (Å²) in [7, 11) is 0. The molecule has 43 heavy (non-hydrogen) atoms. The fourth-order valence-electron chi connectivity index (χ4n) is 5.36. The average molecular weight is 576 g/mol. The molecule has 0 bridgehead atoms. The molecule has 6 nitrogen and oxygen atoms in total. The Labute approximate surface area is 246 Å². The van der Waals surface area contributed by atoms with E-state index in [1.807, 2.05) is 54.1 Å². The van der Waals surface area contributed by atoms with Crippen molar-refractivity contribution in [1.82, 2.24) is 14.9 Å². The van der Waals surface area contributed by atoms with Crippen LogP contribution in [-0.2, 0) is 6.54 Å². The number of benzene rings is 4. The van der Waals surface area contributed by atoms with Gasteiger partial charge in [-0.15, -0.1) is 0 Å². The zero-order chi connectivity index (χ0) is 30.2. The van der Waals surface area contributed by atoms with Gasteiger partial charge in [0.25, 0.3) is 5.91 Å². The summed E-state index contributed by atoms with van der Waals surface area (Å²) in [6.07, 6.45) is 1.87. The van der Waals surface area contributed by atoms with Crippen LogP contribution >= 0.6 is 0 Å². The van der Waals surface area contributed by atoms with E-state index in [2.05, 4.69) is 11.4 Å². The number of carbonyl (C=O) groups is 2. The van der Waals surface area contributed by atoms with E-state index in [4.69, 9.17) is 4.98 Å². The highest BCUT2D eigenvalue weighted by atomic mass is 19.1. The van der Waals surface area contributed by atoms with Crippen molar-refractivity contribution in [3.05, 3.63) is 137 Å². The van der Waals surface area contributed by atoms with E-state index in [1.54, 1.807) is 25.1 Å². The first kappa shape index (κ1) is 27.8. The highest BCUT2D eigenvalue weighted by Gasteiger charge is 2.20. The van der Waals surface area contributed by atoms with Crippen LogP contribution in [0.15, 0.2) is 97.2 Å². The summed E-state index contributed by atoms with van der Waals surface area (Å²) in [5, 5.41) is 14.0. The van der Waals surface area contributed by atoms with Gasteiger partial charge in [-0.05, 0) is 91.2 Å². The maximum absolute atomic E-state index is 14.1. The summed E-state index contributed by atoms with van der Waals surface area (Å²) in [5.41, 5.74) is 5.48. The highest BCUT2D eigenvalue weighted by Crippen LogP contribution is 2.31. The summed E-state index contributed by atoms with van der Waals surface area (Å²) in [4.78, 5) is 29.9. The molecule has 214 valence electrons. The normalized spacial score (nSPS) is 12.0. The molecule has 0 radical (unpaired) electrons. The monoisotopic (exact) mass is 575 g/mol. The number of aryl methyl sites for hydroxylation is 1. The summed E-state index contributed by atoms with van der Waals surface area (Å²) in [6.45, 7) is 4.23. The lowest BCUT2D eigenvalue weighted by Gasteiger charge is -2.17. The molecule has 0 aliphatic rings. The largest absolute Gasteiger partial charge is 0.478 e. The molecule has 2 heterocycles. The number of aromatic nitrogens is 2. The van der Waals surface area contributed by atoms with Crippen molar-refractivity contribution in [2.45, 2.75) is 26.4 Å². The van der Waals surface area contributed by atoms with Crippen molar-refractivity contribution in [3.63, 3.8) is 0 Å². The number of amides is 1. The molecule has 0 spiro atoms. The first-order valence-electron chi connectivity index (χ1n) is 13.7. The molecule has 8 heteroatoms. The zero-order valence-corrected chi connectivity index (χ0v) is 23.4. The van der Waals surface area contributed by atoms with E-state index in [-0.39, 0.29) is 11.5 Å². The molecule has 0 fully saturated rings. The summed E-state index contributed by atoms with van der Waals surface area (Å²) in [6, 6.07) is 24.5. The van der Waals surface area contributed by atoms with Gasteiger partial charge >= 0.3 is 5.97 Å². The first-order chi connectivity index (χ1) is 20.6. The van der Waals surface area contributed by atoms with Crippen molar-refractivity contribution in [3.8, 4) is 11.1 Å². The number of pyridine rings is 1. The van der Waals surface area contributed by atoms with Gasteiger partial charge in [-0.3, -0.25) is 9.78 Å². The average Bonchev–Trinajstić information content (AvgIpc) is 3.38. The van der Waals surface area contributed by atoms with Gasteiger partial charge in [0.15, 0.2) is 0 Å². The molecule has 1 atom stereocenters. The molecular weight excluding hydrogens is 548 g/mol. The number of hydrogen-bond acceptors (Lipinski definition) is 3. The maximum Gasteiger partial charge on any atom is 0.335 e. The van der Waals surface area contributed by atoms with Gasteiger partial charge in [0.05, 0.1) is 40.4 Å². The number of carboxylic acids is 1. The van der Waals surface area contributed by atoms with Gasteiger partial charge < -0.3 is 15.0 Å². The van der Waals surface area contributed by atoms with E-state index < -0.39 is 23.6 Å². The predicted molar refractivity (Wildman–Crippen MR) is 162 cm³/mol. The molecule has 0 saturated heterocycles. The van der Waals surface area contributed by atoms with Crippen LogP contribution in [0.25, 0.3) is 32.9 Å². The van der Waals surface area contributed by atoms with Crippen LogP contribution in [0.5, 0.6) is 0 Å². The van der Waals surface area contributed by atoms with Crippen LogP contribution in [0.2, 0.25) is 0 Å². The molecule has 2 N–H and O–H groups in total. The van der Waals surface area contributed by atoms with Crippen molar-refractivity contribution < 1.29 is 23.5 Å². The molecule has 6 rings (SSSR count). The smallest absolute Gasteiger partial charge is 0.335 e.